The summed E-state index contributed by atoms with van der Waals surface area (Å²) in [5.41, 5.74) is 1.59. The molecule has 0 aliphatic rings. The van der Waals surface area contributed by atoms with Crippen molar-refractivity contribution < 1.29 is 0 Å². The molecule has 0 aliphatic carbocycles. The third-order valence-electron chi connectivity index (χ3n) is 2.41. The summed E-state index contributed by atoms with van der Waals surface area (Å²) in [7, 11) is 1.76. The lowest BCUT2D eigenvalue weighted by molar-refractivity contribution is 0.850. The Balaban J connectivity index is 2.69. The number of aromatic nitrogens is 2. The van der Waals surface area contributed by atoms with E-state index in [1.54, 1.807) is 11.6 Å². The average molecular weight is 217 g/mol. The number of rotatable bonds is 2. The van der Waals surface area contributed by atoms with Crippen LogP contribution in [0.1, 0.15) is 13.8 Å². The molecule has 2 rings (SSSR count). The predicted octanol–water partition coefficient (Wildman–Crippen LogP) is 1.75. The Morgan fingerprint density at radius 1 is 1.31 bits per heavy atom. The van der Waals surface area contributed by atoms with Crippen LogP contribution in [0, 0.1) is 0 Å². The molecule has 4 nitrogen and oxygen atoms in total. The molecule has 16 heavy (non-hydrogen) atoms. The van der Waals surface area contributed by atoms with Gasteiger partial charge in [0.05, 0.1) is 11.0 Å². The van der Waals surface area contributed by atoms with Crippen molar-refractivity contribution >= 4 is 16.9 Å². The number of aryl methyl sites for hydroxylation is 1. The number of para-hydroxylation sites is 2. The zero-order chi connectivity index (χ0) is 11.7. The van der Waals surface area contributed by atoms with Gasteiger partial charge in [-0.1, -0.05) is 12.1 Å². The molecule has 0 spiro atoms. The van der Waals surface area contributed by atoms with Crippen LogP contribution < -0.4 is 10.9 Å². The molecule has 4 heteroatoms. The minimum atomic E-state index is -0.0904. The van der Waals surface area contributed by atoms with Gasteiger partial charge in [-0.25, -0.2) is 4.98 Å². The van der Waals surface area contributed by atoms with Gasteiger partial charge in [-0.3, -0.25) is 4.79 Å². The van der Waals surface area contributed by atoms with Crippen molar-refractivity contribution in [2.45, 2.75) is 19.9 Å². The van der Waals surface area contributed by atoms with Crippen molar-refractivity contribution in [2.24, 2.45) is 7.05 Å². The second kappa shape index (κ2) is 3.96. The smallest absolute Gasteiger partial charge is 0.293 e. The summed E-state index contributed by atoms with van der Waals surface area (Å²) in [5, 5.41) is 3.06. The highest BCUT2D eigenvalue weighted by Gasteiger charge is 2.08. The molecule has 1 N–H and O–H groups in total. The predicted molar refractivity (Wildman–Crippen MR) is 65.7 cm³/mol. The maximum atomic E-state index is 12.0. The zero-order valence-corrected chi connectivity index (χ0v) is 9.69. The largest absolute Gasteiger partial charge is 0.363 e. The standard InChI is InChI=1S/C12H15N3O/c1-8(2)13-11-12(16)15(3)10-7-5-4-6-9(10)14-11/h4-8H,1-3H3,(H,13,14). The van der Waals surface area contributed by atoms with E-state index in [-0.39, 0.29) is 11.6 Å². The molecule has 0 bridgehead atoms. The first kappa shape index (κ1) is 10.7. The summed E-state index contributed by atoms with van der Waals surface area (Å²) >= 11 is 0. The maximum absolute atomic E-state index is 12.0. The van der Waals surface area contributed by atoms with Crippen LogP contribution in [0.5, 0.6) is 0 Å². The van der Waals surface area contributed by atoms with Crippen molar-refractivity contribution in [1.29, 1.82) is 0 Å². The van der Waals surface area contributed by atoms with E-state index in [4.69, 9.17) is 0 Å². The monoisotopic (exact) mass is 217 g/mol. The zero-order valence-electron chi connectivity index (χ0n) is 9.69. The van der Waals surface area contributed by atoms with Gasteiger partial charge < -0.3 is 9.88 Å². The number of anilines is 1. The minimum Gasteiger partial charge on any atom is -0.363 e. The van der Waals surface area contributed by atoms with E-state index < -0.39 is 0 Å². The third-order valence-corrected chi connectivity index (χ3v) is 2.41. The lowest BCUT2D eigenvalue weighted by Gasteiger charge is -2.11. The van der Waals surface area contributed by atoms with Crippen molar-refractivity contribution in [2.75, 3.05) is 5.32 Å². The molecule has 0 aliphatic heterocycles. The summed E-state index contributed by atoms with van der Waals surface area (Å²) in [5.74, 6) is 0.413. The van der Waals surface area contributed by atoms with Gasteiger partial charge in [-0.05, 0) is 26.0 Å². The molecule has 1 heterocycles. The molecule has 2 aromatic rings. The Morgan fingerprint density at radius 2 is 2.00 bits per heavy atom. The van der Waals surface area contributed by atoms with Crippen LogP contribution in [0.3, 0.4) is 0 Å². The van der Waals surface area contributed by atoms with E-state index in [0.29, 0.717) is 5.82 Å². The SMILES string of the molecule is CC(C)Nc1nc2ccccc2n(C)c1=O. The fourth-order valence-electron chi connectivity index (χ4n) is 1.65. The Hall–Kier alpha value is -1.84. The van der Waals surface area contributed by atoms with Crippen molar-refractivity contribution in [3.63, 3.8) is 0 Å². The molecule has 0 saturated heterocycles. The highest BCUT2D eigenvalue weighted by atomic mass is 16.1. The summed E-state index contributed by atoms with van der Waals surface area (Å²) in [6, 6.07) is 7.81. The van der Waals surface area contributed by atoms with Gasteiger partial charge in [-0.15, -0.1) is 0 Å². The summed E-state index contributed by atoms with van der Waals surface area (Å²) in [6.07, 6.45) is 0. The van der Waals surface area contributed by atoms with Crippen LogP contribution in [-0.4, -0.2) is 15.6 Å². The number of nitrogens with zero attached hydrogens (tertiary/aromatic N) is 2. The number of fused-ring (bicyclic) bond motifs is 1. The molecule has 0 fully saturated rings. The third kappa shape index (κ3) is 1.78. The van der Waals surface area contributed by atoms with Crippen molar-refractivity contribution in [3.8, 4) is 0 Å². The second-order valence-electron chi connectivity index (χ2n) is 4.11. The van der Waals surface area contributed by atoms with E-state index >= 15 is 0 Å². The highest BCUT2D eigenvalue weighted by molar-refractivity contribution is 5.76. The lowest BCUT2D eigenvalue weighted by atomic mass is 10.3. The number of benzene rings is 1. The van der Waals surface area contributed by atoms with E-state index in [0.717, 1.165) is 11.0 Å². The normalized spacial score (nSPS) is 11.0. The minimum absolute atomic E-state index is 0.0904. The summed E-state index contributed by atoms with van der Waals surface area (Å²) in [6.45, 7) is 3.96. The molecule has 1 aromatic carbocycles. The second-order valence-corrected chi connectivity index (χ2v) is 4.11. The van der Waals surface area contributed by atoms with Gasteiger partial charge in [0.15, 0.2) is 5.82 Å². The van der Waals surface area contributed by atoms with Gasteiger partial charge in [0.1, 0.15) is 0 Å². The van der Waals surface area contributed by atoms with E-state index in [2.05, 4.69) is 10.3 Å². The molecule has 0 atom stereocenters. The van der Waals surface area contributed by atoms with Crippen molar-refractivity contribution in [3.05, 3.63) is 34.6 Å². The van der Waals surface area contributed by atoms with E-state index in [9.17, 15) is 4.79 Å². The molecular formula is C12H15N3O. The molecule has 0 amide bonds. The molecule has 0 radical (unpaired) electrons. The van der Waals surface area contributed by atoms with Gasteiger partial charge in [0, 0.05) is 13.1 Å². The Bertz CT molecular complexity index is 572. The first-order chi connectivity index (χ1) is 7.59. The van der Waals surface area contributed by atoms with Gasteiger partial charge >= 0.3 is 0 Å². The molecule has 0 unspecified atom stereocenters. The first-order valence-corrected chi connectivity index (χ1v) is 5.32. The van der Waals surface area contributed by atoms with Gasteiger partial charge in [0.2, 0.25) is 0 Å². The lowest BCUT2D eigenvalue weighted by Crippen LogP contribution is -2.25. The van der Waals surface area contributed by atoms with Gasteiger partial charge in [-0.2, -0.15) is 0 Å². The molecule has 0 saturated carbocycles. The highest BCUT2D eigenvalue weighted by Crippen LogP contribution is 2.10. The molecular weight excluding hydrogens is 202 g/mol. The van der Waals surface area contributed by atoms with Gasteiger partial charge in [0.25, 0.3) is 5.56 Å². The number of hydrogen-bond donors (Lipinski definition) is 1. The van der Waals surface area contributed by atoms with Crippen LogP contribution >= 0.6 is 0 Å². The Labute approximate surface area is 93.9 Å². The fourth-order valence-corrected chi connectivity index (χ4v) is 1.65. The van der Waals surface area contributed by atoms with Crippen LogP contribution in [0.2, 0.25) is 0 Å². The topological polar surface area (TPSA) is 46.9 Å². The van der Waals surface area contributed by atoms with E-state index in [1.165, 1.54) is 0 Å². The molecule has 84 valence electrons. The number of hydrogen-bond acceptors (Lipinski definition) is 3. The van der Waals surface area contributed by atoms with Crippen LogP contribution in [0.25, 0.3) is 11.0 Å². The summed E-state index contributed by atoms with van der Waals surface area (Å²) < 4.78 is 1.62. The Kier molecular flexibility index (Phi) is 2.64. The number of nitrogens with one attached hydrogen (secondary N) is 1. The van der Waals surface area contributed by atoms with Crippen LogP contribution in [-0.2, 0) is 7.05 Å². The van der Waals surface area contributed by atoms with Crippen LogP contribution in [0.15, 0.2) is 29.1 Å². The van der Waals surface area contributed by atoms with E-state index in [1.807, 2.05) is 38.1 Å². The maximum Gasteiger partial charge on any atom is 0.293 e. The summed E-state index contributed by atoms with van der Waals surface area (Å²) in [4.78, 5) is 16.3. The van der Waals surface area contributed by atoms with Crippen molar-refractivity contribution in [1.82, 2.24) is 9.55 Å². The Morgan fingerprint density at radius 3 is 2.69 bits per heavy atom. The first-order valence-electron chi connectivity index (χ1n) is 5.32. The average Bonchev–Trinajstić information content (AvgIpc) is 2.25. The molecule has 1 aromatic heterocycles. The van der Waals surface area contributed by atoms with Crippen LogP contribution in [0.4, 0.5) is 5.82 Å². The quantitative estimate of drug-likeness (QED) is 0.833. The fraction of sp³-hybridized carbons (Fsp3) is 0.333.